The van der Waals surface area contributed by atoms with Gasteiger partial charge < -0.3 is 14.7 Å². The van der Waals surface area contributed by atoms with Gasteiger partial charge in [0.25, 0.3) is 0 Å². The van der Waals surface area contributed by atoms with Crippen LogP contribution >= 0.6 is 0 Å². The molecule has 0 amide bonds. The standard InChI is InChI=1S/C20H33NO2/c1-5-14-23-19-9-8-16(20(2,3)4)15-17(19)18(22)10-13-21-11-6-7-12-21/h8-9,15,18,22H,5-7,10-14H2,1-4H3. The first-order valence-electron chi connectivity index (χ1n) is 9.09. The molecular weight excluding hydrogens is 286 g/mol. The van der Waals surface area contributed by atoms with E-state index in [1.807, 2.05) is 6.07 Å². The lowest BCUT2D eigenvalue weighted by Gasteiger charge is -2.24. The summed E-state index contributed by atoms with van der Waals surface area (Å²) in [5.41, 5.74) is 2.27. The minimum Gasteiger partial charge on any atom is -0.493 e. The van der Waals surface area contributed by atoms with Crippen LogP contribution in [0.3, 0.4) is 0 Å². The number of ether oxygens (including phenoxy) is 1. The molecule has 3 heteroatoms. The minimum absolute atomic E-state index is 0.0761. The van der Waals surface area contributed by atoms with E-state index >= 15 is 0 Å². The third-order valence-electron chi connectivity index (χ3n) is 4.61. The van der Waals surface area contributed by atoms with Crippen LogP contribution in [-0.2, 0) is 5.41 Å². The van der Waals surface area contributed by atoms with Gasteiger partial charge in [-0.2, -0.15) is 0 Å². The van der Waals surface area contributed by atoms with Crippen molar-refractivity contribution in [2.24, 2.45) is 0 Å². The van der Waals surface area contributed by atoms with Gasteiger partial charge >= 0.3 is 0 Å². The van der Waals surface area contributed by atoms with Crippen LogP contribution in [-0.4, -0.2) is 36.2 Å². The molecule has 0 bridgehead atoms. The van der Waals surface area contributed by atoms with Crippen molar-refractivity contribution in [1.82, 2.24) is 4.90 Å². The van der Waals surface area contributed by atoms with Crippen LogP contribution in [0.15, 0.2) is 18.2 Å². The minimum atomic E-state index is -0.454. The summed E-state index contributed by atoms with van der Waals surface area (Å²) in [5, 5.41) is 10.7. The van der Waals surface area contributed by atoms with Gasteiger partial charge in [0, 0.05) is 12.1 Å². The molecule has 0 spiro atoms. The van der Waals surface area contributed by atoms with E-state index < -0.39 is 6.10 Å². The van der Waals surface area contributed by atoms with Crippen molar-refractivity contribution >= 4 is 0 Å². The van der Waals surface area contributed by atoms with E-state index in [1.54, 1.807) is 0 Å². The summed E-state index contributed by atoms with van der Waals surface area (Å²) in [4.78, 5) is 2.45. The van der Waals surface area contributed by atoms with Gasteiger partial charge in [0.1, 0.15) is 5.75 Å². The summed E-state index contributed by atoms with van der Waals surface area (Å²) in [7, 11) is 0. The highest BCUT2D eigenvalue weighted by Crippen LogP contribution is 2.33. The molecule has 0 aromatic heterocycles. The van der Waals surface area contributed by atoms with Crippen molar-refractivity contribution in [3.63, 3.8) is 0 Å². The quantitative estimate of drug-likeness (QED) is 0.813. The zero-order valence-corrected chi connectivity index (χ0v) is 15.3. The Labute approximate surface area is 141 Å². The summed E-state index contributed by atoms with van der Waals surface area (Å²) in [6.07, 6.45) is 3.88. The highest BCUT2D eigenvalue weighted by molar-refractivity contribution is 5.41. The van der Waals surface area contributed by atoms with E-state index in [1.165, 1.54) is 31.5 Å². The van der Waals surface area contributed by atoms with Crippen molar-refractivity contribution < 1.29 is 9.84 Å². The molecule has 1 aliphatic heterocycles. The SMILES string of the molecule is CCCOc1ccc(C(C)(C)C)cc1C(O)CCN1CCCC1. The predicted octanol–water partition coefficient (Wildman–Crippen LogP) is 4.29. The molecule has 1 saturated heterocycles. The van der Waals surface area contributed by atoms with Crippen LogP contribution < -0.4 is 4.74 Å². The smallest absolute Gasteiger partial charge is 0.125 e. The molecule has 0 radical (unpaired) electrons. The lowest BCUT2D eigenvalue weighted by molar-refractivity contribution is 0.144. The molecule has 1 aromatic carbocycles. The van der Waals surface area contributed by atoms with Crippen LogP contribution in [0.25, 0.3) is 0 Å². The van der Waals surface area contributed by atoms with Gasteiger partial charge in [-0.05, 0) is 61.9 Å². The van der Waals surface area contributed by atoms with Crippen LogP contribution in [0, 0.1) is 0 Å². The second-order valence-electron chi connectivity index (χ2n) is 7.70. The summed E-state index contributed by atoms with van der Waals surface area (Å²) >= 11 is 0. The average Bonchev–Trinajstić information content (AvgIpc) is 3.03. The largest absolute Gasteiger partial charge is 0.493 e. The van der Waals surface area contributed by atoms with Crippen LogP contribution in [0.5, 0.6) is 5.75 Å². The number of rotatable bonds is 7. The predicted molar refractivity (Wildman–Crippen MR) is 96.2 cm³/mol. The highest BCUT2D eigenvalue weighted by atomic mass is 16.5. The van der Waals surface area contributed by atoms with Crippen molar-refractivity contribution in [2.75, 3.05) is 26.2 Å². The number of nitrogens with zero attached hydrogens (tertiary/aromatic N) is 1. The van der Waals surface area contributed by atoms with Crippen molar-refractivity contribution in [3.8, 4) is 5.75 Å². The summed E-state index contributed by atoms with van der Waals surface area (Å²) in [6.45, 7) is 12.7. The maximum Gasteiger partial charge on any atom is 0.125 e. The Balaban J connectivity index is 2.13. The fourth-order valence-electron chi connectivity index (χ4n) is 3.09. The Bertz CT molecular complexity index is 487. The monoisotopic (exact) mass is 319 g/mol. The van der Waals surface area contributed by atoms with Crippen molar-refractivity contribution in [2.45, 2.75) is 64.9 Å². The fourth-order valence-corrected chi connectivity index (χ4v) is 3.09. The first kappa shape index (κ1) is 18.3. The van der Waals surface area contributed by atoms with E-state index in [0.717, 1.165) is 30.7 Å². The maximum atomic E-state index is 10.7. The van der Waals surface area contributed by atoms with E-state index in [0.29, 0.717) is 6.61 Å². The Morgan fingerprint density at radius 2 is 1.91 bits per heavy atom. The zero-order chi connectivity index (χ0) is 16.9. The summed E-state index contributed by atoms with van der Waals surface area (Å²) in [6, 6.07) is 6.30. The number of hydrogen-bond acceptors (Lipinski definition) is 3. The lowest BCUT2D eigenvalue weighted by atomic mass is 9.85. The van der Waals surface area contributed by atoms with Crippen molar-refractivity contribution in [1.29, 1.82) is 0 Å². The highest BCUT2D eigenvalue weighted by Gasteiger charge is 2.21. The molecule has 1 unspecified atom stereocenters. The molecule has 2 rings (SSSR count). The zero-order valence-electron chi connectivity index (χ0n) is 15.3. The Kier molecular flexibility index (Phi) is 6.49. The summed E-state index contributed by atoms with van der Waals surface area (Å²) < 4.78 is 5.87. The van der Waals surface area contributed by atoms with Gasteiger partial charge in [-0.3, -0.25) is 0 Å². The van der Waals surface area contributed by atoms with Gasteiger partial charge in [-0.15, -0.1) is 0 Å². The number of benzene rings is 1. The molecule has 1 atom stereocenters. The molecule has 1 heterocycles. The van der Waals surface area contributed by atoms with Gasteiger partial charge in [-0.25, -0.2) is 0 Å². The molecule has 0 aliphatic carbocycles. The third kappa shape index (κ3) is 5.22. The first-order valence-corrected chi connectivity index (χ1v) is 9.09. The molecule has 3 nitrogen and oxygen atoms in total. The molecule has 130 valence electrons. The van der Waals surface area contributed by atoms with E-state index in [2.05, 4.69) is 44.7 Å². The first-order chi connectivity index (χ1) is 10.9. The third-order valence-corrected chi connectivity index (χ3v) is 4.61. The number of hydrogen-bond donors (Lipinski definition) is 1. The van der Waals surface area contributed by atoms with Crippen LogP contribution in [0.2, 0.25) is 0 Å². The topological polar surface area (TPSA) is 32.7 Å². The fraction of sp³-hybridized carbons (Fsp3) is 0.700. The van der Waals surface area contributed by atoms with Gasteiger partial charge in [0.2, 0.25) is 0 Å². The molecule has 1 aromatic rings. The van der Waals surface area contributed by atoms with Crippen LogP contribution in [0.4, 0.5) is 0 Å². The summed E-state index contributed by atoms with van der Waals surface area (Å²) in [5.74, 6) is 0.841. The van der Waals surface area contributed by atoms with E-state index in [-0.39, 0.29) is 5.41 Å². The number of likely N-dealkylation sites (tertiary alicyclic amines) is 1. The van der Waals surface area contributed by atoms with E-state index in [4.69, 9.17) is 4.74 Å². The molecule has 1 aliphatic rings. The maximum absolute atomic E-state index is 10.7. The molecule has 23 heavy (non-hydrogen) atoms. The van der Waals surface area contributed by atoms with Crippen LogP contribution in [0.1, 0.15) is 70.6 Å². The molecule has 1 fully saturated rings. The second-order valence-corrected chi connectivity index (χ2v) is 7.70. The second kappa shape index (κ2) is 8.16. The Hall–Kier alpha value is -1.06. The molecule has 0 saturated carbocycles. The normalized spacial score (nSPS) is 17.4. The Morgan fingerprint density at radius 1 is 1.22 bits per heavy atom. The van der Waals surface area contributed by atoms with Gasteiger partial charge in [0.15, 0.2) is 0 Å². The Morgan fingerprint density at radius 3 is 2.52 bits per heavy atom. The van der Waals surface area contributed by atoms with Crippen molar-refractivity contribution in [3.05, 3.63) is 29.3 Å². The molecule has 1 N–H and O–H groups in total. The number of aliphatic hydroxyl groups excluding tert-OH is 1. The average molecular weight is 319 g/mol. The lowest BCUT2D eigenvalue weighted by Crippen LogP contribution is -2.22. The molecular formula is C20H33NO2. The van der Waals surface area contributed by atoms with Gasteiger partial charge in [-0.1, -0.05) is 33.8 Å². The van der Waals surface area contributed by atoms with Gasteiger partial charge in [0.05, 0.1) is 12.7 Å². The number of aliphatic hydroxyl groups is 1. The van der Waals surface area contributed by atoms with E-state index in [9.17, 15) is 5.11 Å².